The summed E-state index contributed by atoms with van der Waals surface area (Å²) < 4.78 is 10.6. The van der Waals surface area contributed by atoms with Crippen LogP contribution in [0.5, 0.6) is 0 Å². The van der Waals surface area contributed by atoms with Crippen molar-refractivity contribution in [2.45, 2.75) is 193 Å². The lowest BCUT2D eigenvalue weighted by Crippen LogP contribution is -2.28. The van der Waals surface area contributed by atoms with E-state index in [0.29, 0.717) is 19.3 Å². The van der Waals surface area contributed by atoms with Gasteiger partial charge in [0.15, 0.2) is 11.9 Å². The zero-order valence-electron chi connectivity index (χ0n) is 32.0. The van der Waals surface area contributed by atoms with Gasteiger partial charge in [0.25, 0.3) is 0 Å². The summed E-state index contributed by atoms with van der Waals surface area (Å²) >= 11 is 0. The number of aliphatic hydroxyl groups excluding tert-OH is 2. The van der Waals surface area contributed by atoms with Crippen molar-refractivity contribution < 1.29 is 34.1 Å². The maximum atomic E-state index is 12.3. The van der Waals surface area contributed by atoms with E-state index in [1.54, 1.807) is 12.2 Å². The Morgan fingerprint density at radius 3 is 1.86 bits per heavy atom. The molecule has 0 bridgehead atoms. The Labute approximate surface area is 305 Å². The van der Waals surface area contributed by atoms with Gasteiger partial charge in [0.2, 0.25) is 0 Å². The summed E-state index contributed by atoms with van der Waals surface area (Å²) in [5.41, 5.74) is 0. The van der Waals surface area contributed by atoms with E-state index in [1.807, 2.05) is 24.3 Å². The molecular formula is C43H74O7. The summed E-state index contributed by atoms with van der Waals surface area (Å²) in [6, 6.07) is 0. The summed E-state index contributed by atoms with van der Waals surface area (Å²) in [5, 5.41) is 19.7. The van der Waals surface area contributed by atoms with E-state index < -0.39 is 12.2 Å². The van der Waals surface area contributed by atoms with Crippen molar-refractivity contribution in [2.24, 2.45) is 11.8 Å². The van der Waals surface area contributed by atoms with Crippen molar-refractivity contribution in [1.29, 1.82) is 0 Å². The minimum Gasteiger partial charge on any atom is -0.462 e. The van der Waals surface area contributed by atoms with Crippen LogP contribution in [0.4, 0.5) is 0 Å². The molecule has 7 heteroatoms. The van der Waals surface area contributed by atoms with Gasteiger partial charge in [-0.25, -0.2) is 0 Å². The monoisotopic (exact) mass is 703 g/mol. The molecular weight excluding hydrogens is 628 g/mol. The fourth-order valence-electron chi connectivity index (χ4n) is 6.43. The van der Waals surface area contributed by atoms with Gasteiger partial charge in [-0.2, -0.15) is 0 Å². The van der Waals surface area contributed by atoms with Crippen molar-refractivity contribution in [2.75, 3.05) is 13.2 Å². The summed E-state index contributed by atoms with van der Waals surface area (Å²) in [4.78, 5) is 36.7. The minimum atomic E-state index is -0.834. The van der Waals surface area contributed by atoms with Crippen molar-refractivity contribution in [1.82, 2.24) is 0 Å². The molecule has 0 aromatic rings. The third-order valence-corrected chi connectivity index (χ3v) is 9.68. The van der Waals surface area contributed by atoms with Gasteiger partial charge in [0.1, 0.15) is 6.61 Å². The topological polar surface area (TPSA) is 110 Å². The molecule has 0 radical (unpaired) electrons. The van der Waals surface area contributed by atoms with Crippen LogP contribution in [0.1, 0.15) is 181 Å². The fourth-order valence-corrected chi connectivity index (χ4v) is 6.43. The number of aliphatic hydroxyl groups is 2. The molecule has 50 heavy (non-hydrogen) atoms. The zero-order chi connectivity index (χ0) is 36.5. The first-order valence-electron chi connectivity index (χ1n) is 20.6. The third-order valence-electron chi connectivity index (χ3n) is 9.68. The second-order valence-electron chi connectivity index (χ2n) is 14.4. The van der Waals surface area contributed by atoms with E-state index in [2.05, 4.69) is 13.8 Å². The molecule has 288 valence electrons. The number of esters is 2. The van der Waals surface area contributed by atoms with Crippen LogP contribution in [0.3, 0.4) is 0 Å². The highest BCUT2D eigenvalue weighted by Gasteiger charge is 2.27. The maximum Gasteiger partial charge on any atom is 0.306 e. The molecule has 1 rings (SSSR count). The molecule has 0 aromatic carbocycles. The third kappa shape index (κ3) is 25.7. The highest BCUT2D eigenvalue weighted by molar-refractivity contribution is 5.95. The summed E-state index contributed by atoms with van der Waals surface area (Å²) in [7, 11) is 0. The van der Waals surface area contributed by atoms with Crippen LogP contribution < -0.4 is 0 Å². The van der Waals surface area contributed by atoms with Crippen molar-refractivity contribution in [3.8, 4) is 0 Å². The molecule has 0 amide bonds. The Balaban J connectivity index is 2.04. The van der Waals surface area contributed by atoms with Crippen molar-refractivity contribution in [3.63, 3.8) is 0 Å². The van der Waals surface area contributed by atoms with Gasteiger partial charge in [-0.05, 0) is 44.1 Å². The molecule has 0 saturated heterocycles. The average Bonchev–Trinajstić information content (AvgIpc) is 3.46. The van der Waals surface area contributed by atoms with E-state index in [0.717, 1.165) is 51.4 Å². The molecule has 7 nitrogen and oxygen atoms in total. The largest absolute Gasteiger partial charge is 0.462 e. The lowest BCUT2D eigenvalue weighted by atomic mass is 9.90. The van der Waals surface area contributed by atoms with Crippen molar-refractivity contribution >= 4 is 17.7 Å². The first kappa shape index (κ1) is 45.8. The van der Waals surface area contributed by atoms with Gasteiger partial charge in [-0.1, -0.05) is 166 Å². The van der Waals surface area contributed by atoms with E-state index in [1.165, 1.54) is 89.9 Å². The maximum absolute atomic E-state index is 12.3. The Kier molecular flexibility index (Phi) is 29.9. The van der Waals surface area contributed by atoms with Crippen LogP contribution in [-0.4, -0.2) is 53.4 Å². The van der Waals surface area contributed by atoms with Gasteiger partial charge >= 0.3 is 11.9 Å². The van der Waals surface area contributed by atoms with Crippen LogP contribution in [0.2, 0.25) is 0 Å². The van der Waals surface area contributed by atoms with Crippen LogP contribution in [0.25, 0.3) is 0 Å². The van der Waals surface area contributed by atoms with Crippen LogP contribution in [-0.2, 0) is 23.9 Å². The fraction of sp³-hybridized carbons (Fsp3) is 0.791. The van der Waals surface area contributed by atoms with E-state index in [9.17, 15) is 24.6 Å². The molecule has 4 atom stereocenters. The van der Waals surface area contributed by atoms with Crippen LogP contribution in [0, 0.1) is 11.8 Å². The molecule has 0 saturated carbocycles. The quantitative estimate of drug-likeness (QED) is 0.0390. The number of carbonyl (C=O) groups is 3. The van der Waals surface area contributed by atoms with Crippen LogP contribution >= 0.6 is 0 Å². The number of ether oxygens (including phenoxy) is 2. The van der Waals surface area contributed by atoms with E-state index in [-0.39, 0.29) is 49.2 Å². The number of unbranched alkanes of at least 4 members (excludes halogenated alkanes) is 19. The van der Waals surface area contributed by atoms with Gasteiger partial charge in [-0.3, -0.25) is 14.4 Å². The van der Waals surface area contributed by atoms with Gasteiger partial charge in [0.05, 0.1) is 12.7 Å². The lowest BCUT2D eigenvalue weighted by molar-refractivity contribution is -0.161. The van der Waals surface area contributed by atoms with Gasteiger partial charge < -0.3 is 19.7 Å². The smallest absolute Gasteiger partial charge is 0.306 e. The Morgan fingerprint density at radius 1 is 0.740 bits per heavy atom. The molecule has 2 N–H and O–H groups in total. The lowest BCUT2D eigenvalue weighted by Gasteiger charge is -2.15. The summed E-state index contributed by atoms with van der Waals surface area (Å²) in [6.07, 6.45) is 38.3. The molecule has 0 aliphatic heterocycles. The predicted octanol–water partition coefficient (Wildman–Crippen LogP) is 10.5. The number of hydrogen-bond donors (Lipinski definition) is 2. The molecule has 0 spiro atoms. The Morgan fingerprint density at radius 2 is 1.28 bits per heavy atom. The van der Waals surface area contributed by atoms with Gasteiger partial charge in [0, 0.05) is 18.8 Å². The number of ketones is 1. The molecule has 0 heterocycles. The van der Waals surface area contributed by atoms with Crippen molar-refractivity contribution in [3.05, 3.63) is 36.5 Å². The first-order valence-corrected chi connectivity index (χ1v) is 20.6. The molecule has 0 aromatic heterocycles. The van der Waals surface area contributed by atoms with E-state index in [4.69, 9.17) is 9.47 Å². The Hall–Kier alpha value is -2.25. The predicted molar refractivity (Wildman–Crippen MR) is 205 cm³/mol. The molecule has 0 unspecified atom stereocenters. The summed E-state index contributed by atoms with van der Waals surface area (Å²) in [6.45, 7) is 3.88. The number of carbonyl (C=O) groups excluding carboxylic acids is 3. The van der Waals surface area contributed by atoms with E-state index >= 15 is 0 Å². The second-order valence-corrected chi connectivity index (χ2v) is 14.4. The highest BCUT2D eigenvalue weighted by Crippen LogP contribution is 2.27. The molecule has 1 aliphatic rings. The highest BCUT2D eigenvalue weighted by atomic mass is 16.6. The minimum absolute atomic E-state index is 0.0745. The number of hydrogen-bond acceptors (Lipinski definition) is 7. The normalized spacial score (nSPS) is 17.2. The average molecular weight is 703 g/mol. The SMILES string of the molecule is CCCCCCCCCCCCCCCCCCCC(=O)O[C@@H](CO)COC(=O)CCC/C=C\C[C@H]1C=CC(=O)[C@@H]1/C=C/[C@@H](O)CCCCC. The second kappa shape index (κ2) is 32.6. The standard InChI is InChI=1S/C43H74O7/c1-3-5-7-8-9-10-11-12-13-14-15-16-17-18-19-20-26-30-43(48)50-39(35-44)36-49-42(47)29-25-22-21-24-27-37-31-34-41(46)40(37)33-32-38(45)28-23-6-4-2/h21,24,31-34,37-40,44-45H,3-20,22-23,25-30,35-36H2,1-2H3/b24-21-,33-32+/t37-,38-,39-,40+/m0/s1. The number of allylic oxidation sites excluding steroid dienone is 5. The number of rotatable bonds is 34. The van der Waals surface area contributed by atoms with Gasteiger partial charge in [-0.15, -0.1) is 0 Å². The summed E-state index contributed by atoms with van der Waals surface area (Å²) in [5.74, 6) is -0.818. The Bertz CT molecular complexity index is 940. The zero-order valence-corrected chi connectivity index (χ0v) is 32.0. The molecule has 1 aliphatic carbocycles. The first-order chi connectivity index (χ1) is 24.4. The molecule has 0 fully saturated rings. The van der Waals surface area contributed by atoms with Crippen LogP contribution in [0.15, 0.2) is 36.5 Å².